The number of fused-ring (bicyclic) bond motifs is 3. The second kappa shape index (κ2) is 9.06. The van der Waals surface area contributed by atoms with Gasteiger partial charge in [0.25, 0.3) is 0 Å². The van der Waals surface area contributed by atoms with E-state index in [2.05, 4.69) is 15.7 Å². The Balaban J connectivity index is 1.65. The molecule has 0 radical (unpaired) electrons. The van der Waals surface area contributed by atoms with Crippen molar-refractivity contribution in [2.24, 2.45) is 5.92 Å². The van der Waals surface area contributed by atoms with E-state index in [0.29, 0.717) is 11.6 Å². The van der Waals surface area contributed by atoms with Crippen LogP contribution < -0.4 is 4.90 Å². The number of nitrogens with zero attached hydrogens (tertiary/aromatic N) is 5. The third-order valence-corrected chi connectivity index (χ3v) is 7.59. The number of Topliss-reactive ketones (excluding diaryl/α,β-unsaturated/α-hetero) is 1. The molecule has 34 heavy (non-hydrogen) atoms. The second-order valence-electron chi connectivity index (χ2n) is 9.54. The van der Waals surface area contributed by atoms with Gasteiger partial charge in [-0.2, -0.15) is 5.10 Å². The lowest BCUT2D eigenvalue weighted by Gasteiger charge is -2.34. The third-order valence-electron chi connectivity index (χ3n) is 7.39. The van der Waals surface area contributed by atoms with Gasteiger partial charge in [0.05, 0.1) is 41.6 Å². The summed E-state index contributed by atoms with van der Waals surface area (Å²) in [6.45, 7) is 4.22. The zero-order chi connectivity index (χ0) is 24.0. The standard InChI is InChI=1S/C25H30ClN5O3/c1-15-7-8-20-21(30(15)25(33)34-3)9-10-22-24(20)28-23(14-29-13-18(26)12-27-29)31(22)19-6-4-5-17(11-19)16(2)32/h9-10,12-13,15,17,19H,4-8,11,14H2,1-3H3/t15-,17+,19+/m0/s1. The number of ketones is 1. The van der Waals surface area contributed by atoms with Gasteiger partial charge in [0.2, 0.25) is 0 Å². The fourth-order valence-corrected chi connectivity index (χ4v) is 5.84. The van der Waals surface area contributed by atoms with Crippen molar-refractivity contribution < 1.29 is 14.3 Å². The van der Waals surface area contributed by atoms with Crippen molar-refractivity contribution in [1.82, 2.24) is 19.3 Å². The molecule has 1 amide bonds. The molecule has 8 nitrogen and oxygen atoms in total. The molecule has 2 aliphatic rings. The van der Waals surface area contributed by atoms with E-state index in [-0.39, 0.29) is 29.9 Å². The van der Waals surface area contributed by atoms with Gasteiger partial charge in [-0.1, -0.05) is 18.0 Å². The van der Waals surface area contributed by atoms with Crippen LogP contribution in [0.1, 0.15) is 63.4 Å². The number of imidazole rings is 1. The van der Waals surface area contributed by atoms with E-state index in [1.807, 2.05) is 13.0 Å². The summed E-state index contributed by atoms with van der Waals surface area (Å²) in [5.41, 5.74) is 3.89. The van der Waals surface area contributed by atoms with E-state index in [1.54, 1.807) is 28.9 Å². The zero-order valence-corrected chi connectivity index (χ0v) is 20.6. The monoisotopic (exact) mass is 483 g/mol. The molecule has 1 aromatic carbocycles. The van der Waals surface area contributed by atoms with Crippen LogP contribution in [0.3, 0.4) is 0 Å². The largest absolute Gasteiger partial charge is 0.452 e. The summed E-state index contributed by atoms with van der Waals surface area (Å²) in [5, 5.41) is 4.94. The first-order valence-electron chi connectivity index (χ1n) is 12.0. The van der Waals surface area contributed by atoms with Crippen molar-refractivity contribution in [3.05, 3.63) is 40.9 Å². The zero-order valence-electron chi connectivity index (χ0n) is 19.8. The Morgan fingerprint density at radius 3 is 2.76 bits per heavy atom. The second-order valence-corrected chi connectivity index (χ2v) is 9.98. The van der Waals surface area contributed by atoms with Crippen molar-refractivity contribution >= 4 is 40.2 Å². The number of aromatic nitrogens is 4. The Labute approximate surface area is 203 Å². The molecule has 1 aliphatic heterocycles. The summed E-state index contributed by atoms with van der Waals surface area (Å²) in [6, 6.07) is 4.32. The third kappa shape index (κ3) is 3.98. The Morgan fingerprint density at radius 2 is 2.06 bits per heavy atom. The Hall–Kier alpha value is -2.87. The number of hydrogen-bond donors (Lipinski definition) is 0. The van der Waals surface area contributed by atoms with Crippen LogP contribution in [-0.2, 0) is 22.5 Å². The first kappa shape index (κ1) is 22.9. The molecular weight excluding hydrogens is 454 g/mol. The minimum atomic E-state index is -0.352. The highest BCUT2D eigenvalue weighted by Crippen LogP contribution is 2.40. The van der Waals surface area contributed by atoms with Crippen molar-refractivity contribution in [2.45, 2.75) is 71.0 Å². The van der Waals surface area contributed by atoms with Crippen LogP contribution in [0.25, 0.3) is 11.0 Å². The average molecular weight is 484 g/mol. The molecule has 5 rings (SSSR count). The van der Waals surface area contributed by atoms with E-state index in [4.69, 9.17) is 21.3 Å². The van der Waals surface area contributed by atoms with Crippen molar-refractivity contribution in [3.63, 3.8) is 0 Å². The molecule has 1 saturated carbocycles. The number of methoxy groups -OCH3 is 1. The quantitative estimate of drug-likeness (QED) is 0.511. The molecule has 1 fully saturated rings. The molecule has 0 bridgehead atoms. The predicted octanol–water partition coefficient (Wildman–Crippen LogP) is 5.16. The van der Waals surface area contributed by atoms with Crippen LogP contribution in [0, 0.1) is 5.92 Å². The van der Waals surface area contributed by atoms with Crippen LogP contribution in [0.2, 0.25) is 5.02 Å². The van der Waals surface area contributed by atoms with Gasteiger partial charge in [-0.15, -0.1) is 0 Å². The highest BCUT2D eigenvalue weighted by atomic mass is 35.5. The molecule has 3 heterocycles. The van der Waals surface area contributed by atoms with E-state index < -0.39 is 0 Å². The molecule has 0 N–H and O–H groups in total. The Morgan fingerprint density at radius 1 is 1.24 bits per heavy atom. The van der Waals surface area contributed by atoms with Crippen LogP contribution in [0.4, 0.5) is 10.5 Å². The molecule has 3 aromatic rings. The van der Waals surface area contributed by atoms with Gasteiger partial charge in [-0.05, 0) is 58.1 Å². The number of carbonyl (C=O) groups is 2. The van der Waals surface area contributed by atoms with Gasteiger partial charge < -0.3 is 9.30 Å². The summed E-state index contributed by atoms with van der Waals surface area (Å²) >= 11 is 6.12. The van der Waals surface area contributed by atoms with E-state index in [9.17, 15) is 9.59 Å². The van der Waals surface area contributed by atoms with Gasteiger partial charge in [-0.25, -0.2) is 9.78 Å². The van der Waals surface area contributed by atoms with Gasteiger partial charge in [-0.3, -0.25) is 14.4 Å². The Bertz CT molecular complexity index is 1250. The van der Waals surface area contributed by atoms with Crippen molar-refractivity contribution in [1.29, 1.82) is 0 Å². The topological polar surface area (TPSA) is 82.2 Å². The highest BCUT2D eigenvalue weighted by molar-refractivity contribution is 6.30. The fourth-order valence-electron chi connectivity index (χ4n) is 5.68. The summed E-state index contributed by atoms with van der Waals surface area (Å²) in [4.78, 5) is 31.6. The van der Waals surface area contributed by atoms with Gasteiger partial charge >= 0.3 is 6.09 Å². The first-order chi connectivity index (χ1) is 16.4. The average Bonchev–Trinajstić information content (AvgIpc) is 3.41. The molecule has 3 atom stereocenters. The maximum atomic E-state index is 12.6. The summed E-state index contributed by atoms with van der Waals surface area (Å²) < 4.78 is 9.17. The molecule has 0 saturated heterocycles. The minimum absolute atomic E-state index is 0.0554. The number of ether oxygens (including phenoxy) is 1. The number of carbonyl (C=O) groups excluding carboxylic acids is 2. The maximum absolute atomic E-state index is 12.6. The number of halogens is 1. The van der Waals surface area contributed by atoms with Crippen LogP contribution in [0.15, 0.2) is 24.5 Å². The molecule has 1 aliphatic carbocycles. The molecular formula is C25H30ClN5O3. The van der Waals surface area contributed by atoms with Gasteiger partial charge in [0.15, 0.2) is 0 Å². The maximum Gasteiger partial charge on any atom is 0.414 e. The number of anilines is 1. The van der Waals surface area contributed by atoms with Gasteiger partial charge in [0, 0.05) is 29.8 Å². The van der Waals surface area contributed by atoms with Crippen molar-refractivity contribution in [3.8, 4) is 0 Å². The number of rotatable bonds is 4. The smallest absolute Gasteiger partial charge is 0.414 e. The van der Waals surface area contributed by atoms with Gasteiger partial charge in [0.1, 0.15) is 11.6 Å². The van der Waals surface area contributed by atoms with Crippen molar-refractivity contribution in [2.75, 3.05) is 12.0 Å². The lowest BCUT2D eigenvalue weighted by molar-refractivity contribution is -0.122. The fraction of sp³-hybridized carbons (Fsp3) is 0.520. The molecule has 180 valence electrons. The lowest BCUT2D eigenvalue weighted by atomic mass is 9.83. The van der Waals surface area contributed by atoms with E-state index in [0.717, 1.165) is 66.6 Å². The molecule has 9 heteroatoms. The SMILES string of the molecule is COC(=O)N1c2ccc3c(nc(Cn4cc(Cl)cn4)n3[C@@H]3CCC[C@@H](C(C)=O)C3)c2CC[C@@H]1C. The highest BCUT2D eigenvalue weighted by Gasteiger charge is 2.33. The lowest BCUT2D eigenvalue weighted by Crippen LogP contribution is -2.42. The summed E-state index contributed by atoms with van der Waals surface area (Å²) in [6.07, 6.45) is 8.53. The molecule has 2 aromatic heterocycles. The molecule has 0 unspecified atom stereocenters. The Kier molecular flexibility index (Phi) is 6.10. The number of hydrogen-bond acceptors (Lipinski definition) is 5. The summed E-state index contributed by atoms with van der Waals surface area (Å²) in [7, 11) is 1.42. The first-order valence-corrected chi connectivity index (χ1v) is 12.3. The summed E-state index contributed by atoms with van der Waals surface area (Å²) in [5.74, 6) is 1.23. The van der Waals surface area contributed by atoms with Crippen LogP contribution >= 0.6 is 11.6 Å². The van der Waals surface area contributed by atoms with Crippen LogP contribution in [-0.4, -0.2) is 44.4 Å². The number of aryl methyl sites for hydroxylation is 1. The van der Waals surface area contributed by atoms with Crippen LogP contribution in [0.5, 0.6) is 0 Å². The van der Waals surface area contributed by atoms with E-state index in [1.165, 1.54) is 7.11 Å². The number of benzene rings is 1. The minimum Gasteiger partial charge on any atom is -0.452 e. The predicted molar refractivity (Wildman–Crippen MR) is 130 cm³/mol. The van der Waals surface area contributed by atoms with E-state index >= 15 is 0 Å². The molecule has 0 spiro atoms. The normalized spacial score (nSPS) is 22.6. The number of amides is 1.